The van der Waals surface area contributed by atoms with Gasteiger partial charge in [0.2, 0.25) is 0 Å². The van der Waals surface area contributed by atoms with E-state index in [0.29, 0.717) is 4.32 Å². The molecular formula is C7H12BrCl. The maximum atomic E-state index is 5.77. The van der Waals surface area contributed by atoms with Gasteiger partial charge in [-0.3, -0.25) is 0 Å². The van der Waals surface area contributed by atoms with Crippen molar-refractivity contribution in [3.63, 3.8) is 0 Å². The summed E-state index contributed by atoms with van der Waals surface area (Å²) in [7, 11) is 0. The van der Waals surface area contributed by atoms with Gasteiger partial charge >= 0.3 is 0 Å². The van der Waals surface area contributed by atoms with Crippen LogP contribution >= 0.6 is 27.5 Å². The van der Waals surface area contributed by atoms with Gasteiger partial charge in [0, 0.05) is 10.2 Å². The van der Waals surface area contributed by atoms with Gasteiger partial charge in [-0.05, 0) is 12.8 Å². The molecule has 1 saturated carbocycles. The van der Waals surface area contributed by atoms with Crippen LogP contribution in [0.2, 0.25) is 0 Å². The van der Waals surface area contributed by atoms with Gasteiger partial charge in [0.1, 0.15) is 0 Å². The van der Waals surface area contributed by atoms with Crippen LogP contribution < -0.4 is 0 Å². The Morgan fingerprint density at radius 1 is 1.22 bits per heavy atom. The Balaban J connectivity index is 2.37. The second-order valence-corrected chi connectivity index (χ2v) is 4.79. The lowest BCUT2D eigenvalue weighted by Gasteiger charge is -2.28. The standard InChI is InChI=1S/C7H12BrCl/c8-7(6-9)4-2-1-3-5-7/h1-6H2. The molecule has 0 aliphatic heterocycles. The molecule has 0 unspecified atom stereocenters. The molecule has 0 aromatic heterocycles. The third-order valence-corrected chi connectivity index (χ3v) is 3.90. The van der Waals surface area contributed by atoms with Crippen LogP contribution in [-0.4, -0.2) is 10.2 Å². The Kier molecular flexibility index (Phi) is 2.84. The quantitative estimate of drug-likeness (QED) is 0.584. The highest BCUT2D eigenvalue weighted by Crippen LogP contribution is 2.36. The second-order valence-electron chi connectivity index (χ2n) is 2.85. The largest absolute Gasteiger partial charge is 0.125 e. The first-order chi connectivity index (χ1) is 4.27. The minimum atomic E-state index is 0.298. The van der Waals surface area contributed by atoms with Crippen LogP contribution in [0.5, 0.6) is 0 Å². The molecule has 2 heteroatoms. The van der Waals surface area contributed by atoms with Crippen molar-refractivity contribution in [2.45, 2.75) is 36.4 Å². The molecule has 0 amide bonds. The SMILES string of the molecule is ClCC1(Br)CCCCC1. The van der Waals surface area contributed by atoms with Crippen LogP contribution in [0.25, 0.3) is 0 Å². The van der Waals surface area contributed by atoms with Gasteiger partial charge in [-0.15, -0.1) is 11.6 Å². The molecule has 1 rings (SSSR count). The van der Waals surface area contributed by atoms with Crippen molar-refractivity contribution >= 4 is 27.5 Å². The zero-order valence-corrected chi connectivity index (χ0v) is 7.84. The molecule has 0 bridgehead atoms. The van der Waals surface area contributed by atoms with Gasteiger partial charge in [-0.25, -0.2) is 0 Å². The molecule has 0 aromatic carbocycles. The Bertz CT molecular complexity index is 86.9. The predicted octanol–water partition coefficient (Wildman–Crippen LogP) is 3.32. The Labute approximate surface area is 70.1 Å². The first-order valence-corrected chi connectivity index (χ1v) is 4.84. The van der Waals surface area contributed by atoms with E-state index in [1.807, 2.05) is 0 Å². The van der Waals surface area contributed by atoms with Gasteiger partial charge in [0.05, 0.1) is 0 Å². The van der Waals surface area contributed by atoms with Crippen LogP contribution in [-0.2, 0) is 0 Å². The highest BCUT2D eigenvalue weighted by Gasteiger charge is 2.27. The van der Waals surface area contributed by atoms with Crippen LogP contribution in [0.1, 0.15) is 32.1 Å². The summed E-state index contributed by atoms with van der Waals surface area (Å²) in [6, 6.07) is 0. The van der Waals surface area contributed by atoms with E-state index < -0.39 is 0 Å². The average Bonchev–Trinajstić information content (AvgIpc) is 1.90. The molecule has 0 atom stereocenters. The van der Waals surface area contributed by atoms with Crippen molar-refractivity contribution in [3.8, 4) is 0 Å². The number of hydrogen-bond acceptors (Lipinski definition) is 0. The maximum Gasteiger partial charge on any atom is 0.0393 e. The molecule has 0 spiro atoms. The lowest BCUT2D eigenvalue weighted by atomic mass is 9.91. The number of alkyl halides is 2. The molecule has 1 aliphatic rings. The van der Waals surface area contributed by atoms with E-state index in [2.05, 4.69) is 15.9 Å². The normalized spacial score (nSPS) is 26.0. The van der Waals surface area contributed by atoms with Crippen molar-refractivity contribution in [3.05, 3.63) is 0 Å². The fraction of sp³-hybridized carbons (Fsp3) is 1.00. The molecule has 0 saturated heterocycles. The maximum absolute atomic E-state index is 5.77. The third-order valence-electron chi connectivity index (χ3n) is 1.99. The average molecular weight is 212 g/mol. The fourth-order valence-electron chi connectivity index (χ4n) is 1.32. The molecule has 0 aromatic rings. The molecule has 9 heavy (non-hydrogen) atoms. The summed E-state index contributed by atoms with van der Waals surface area (Å²) >= 11 is 9.44. The Morgan fingerprint density at radius 3 is 2.11 bits per heavy atom. The van der Waals surface area contributed by atoms with Crippen molar-refractivity contribution in [1.82, 2.24) is 0 Å². The van der Waals surface area contributed by atoms with E-state index >= 15 is 0 Å². The molecule has 1 aliphatic carbocycles. The summed E-state index contributed by atoms with van der Waals surface area (Å²) in [6.45, 7) is 0. The first kappa shape index (κ1) is 7.87. The molecule has 0 heterocycles. The molecule has 1 fully saturated rings. The minimum absolute atomic E-state index is 0.298. The summed E-state index contributed by atoms with van der Waals surface area (Å²) in [6.07, 6.45) is 6.60. The summed E-state index contributed by atoms with van der Waals surface area (Å²) in [5.41, 5.74) is 0. The van der Waals surface area contributed by atoms with E-state index in [-0.39, 0.29) is 0 Å². The molecule has 0 radical (unpaired) electrons. The third kappa shape index (κ3) is 2.12. The van der Waals surface area contributed by atoms with Crippen molar-refractivity contribution in [2.75, 3.05) is 5.88 Å². The van der Waals surface area contributed by atoms with Gasteiger partial charge < -0.3 is 0 Å². The van der Waals surface area contributed by atoms with Gasteiger partial charge in [-0.1, -0.05) is 35.2 Å². The van der Waals surface area contributed by atoms with E-state index in [1.54, 1.807) is 0 Å². The lowest BCUT2D eigenvalue weighted by molar-refractivity contribution is 0.433. The monoisotopic (exact) mass is 210 g/mol. The topological polar surface area (TPSA) is 0 Å². The Hall–Kier alpha value is 0.770. The molecular weight excluding hydrogens is 199 g/mol. The van der Waals surface area contributed by atoms with E-state index in [4.69, 9.17) is 11.6 Å². The number of rotatable bonds is 1. The molecule has 0 nitrogen and oxygen atoms in total. The molecule has 0 N–H and O–H groups in total. The van der Waals surface area contributed by atoms with Crippen LogP contribution in [0.3, 0.4) is 0 Å². The van der Waals surface area contributed by atoms with Crippen LogP contribution in [0.15, 0.2) is 0 Å². The van der Waals surface area contributed by atoms with E-state index in [9.17, 15) is 0 Å². The first-order valence-electron chi connectivity index (χ1n) is 3.52. The second kappa shape index (κ2) is 3.25. The van der Waals surface area contributed by atoms with Gasteiger partial charge in [0.25, 0.3) is 0 Å². The summed E-state index contributed by atoms with van der Waals surface area (Å²) in [5.74, 6) is 0.771. The smallest absolute Gasteiger partial charge is 0.0393 e. The zero-order chi connectivity index (χ0) is 6.74. The molecule has 54 valence electrons. The fourth-order valence-corrected chi connectivity index (χ4v) is 2.15. The Morgan fingerprint density at radius 2 is 1.78 bits per heavy atom. The van der Waals surface area contributed by atoms with Crippen LogP contribution in [0.4, 0.5) is 0 Å². The number of hydrogen-bond donors (Lipinski definition) is 0. The predicted molar refractivity (Wildman–Crippen MR) is 45.5 cm³/mol. The van der Waals surface area contributed by atoms with Gasteiger partial charge in [-0.2, -0.15) is 0 Å². The van der Waals surface area contributed by atoms with E-state index in [0.717, 1.165) is 5.88 Å². The summed E-state index contributed by atoms with van der Waals surface area (Å²) in [4.78, 5) is 0. The van der Waals surface area contributed by atoms with Crippen molar-refractivity contribution in [2.24, 2.45) is 0 Å². The minimum Gasteiger partial charge on any atom is -0.125 e. The number of halogens is 2. The van der Waals surface area contributed by atoms with Crippen molar-refractivity contribution in [1.29, 1.82) is 0 Å². The van der Waals surface area contributed by atoms with Gasteiger partial charge in [0.15, 0.2) is 0 Å². The van der Waals surface area contributed by atoms with E-state index in [1.165, 1.54) is 32.1 Å². The van der Waals surface area contributed by atoms with Crippen LogP contribution in [0, 0.1) is 0 Å². The summed E-state index contributed by atoms with van der Waals surface area (Å²) < 4.78 is 0.298. The van der Waals surface area contributed by atoms with Crippen molar-refractivity contribution < 1.29 is 0 Å². The lowest BCUT2D eigenvalue weighted by Crippen LogP contribution is -2.25. The highest BCUT2D eigenvalue weighted by atomic mass is 79.9. The zero-order valence-electron chi connectivity index (χ0n) is 5.50. The summed E-state index contributed by atoms with van der Waals surface area (Å²) in [5, 5.41) is 0. The highest BCUT2D eigenvalue weighted by molar-refractivity contribution is 9.10.